The fourth-order valence-electron chi connectivity index (χ4n) is 2.29. The first-order valence-electron chi connectivity index (χ1n) is 7.47. The van der Waals surface area contributed by atoms with Gasteiger partial charge < -0.3 is 14.2 Å². The van der Waals surface area contributed by atoms with E-state index in [2.05, 4.69) is 4.72 Å². The van der Waals surface area contributed by atoms with Crippen molar-refractivity contribution in [3.05, 3.63) is 40.9 Å². The lowest BCUT2D eigenvalue weighted by Gasteiger charge is -2.16. The lowest BCUT2D eigenvalue weighted by molar-refractivity contribution is 0.402. The van der Waals surface area contributed by atoms with Gasteiger partial charge in [0, 0.05) is 12.1 Å². The molecule has 0 saturated carbocycles. The van der Waals surface area contributed by atoms with E-state index >= 15 is 0 Å². The minimum atomic E-state index is -3.91. The maximum absolute atomic E-state index is 12.9. The van der Waals surface area contributed by atoms with Crippen molar-refractivity contribution in [1.29, 1.82) is 0 Å². The maximum Gasteiger partial charge on any atom is 0.265 e. The Bertz CT molecular complexity index is 868. The van der Waals surface area contributed by atoms with Gasteiger partial charge >= 0.3 is 0 Å². The molecule has 0 saturated heterocycles. The minimum Gasteiger partial charge on any atom is -0.495 e. The molecule has 0 aliphatic carbocycles. The average Bonchev–Trinajstić information content (AvgIpc) is 2.61. The van der Waals surface area contributed by atoms with E-state index in [0.29, 0.717) is 17.2 Å². The van der Waals surface area contributed by atoms with Crippen LogP contribution in [0, 0.1) is 0 Å². The summed E-state index contributed by atoms with van der Waals surface area (Å²) in [5.74, 6) is 0.860. The van der Waals surface area contributed by atoms with Gasteiger partial charge in [0.2, 0.25) is 0 Å². The number of halogens is 1. The van der Waals surface area contributed by atoms with Crippen LogP contribution in [-0.4, -0.2) is 29.7 Å². The summed E-state index contributed by atoms with van der Waals surface area (Å²) in [6.07, 6.45) is 0.699. The molecule has 0 radical (unpaired) electrons. The molecular formula is C17H20ClNO5S. The number of hydrogen-bond acceptors (Lipinski definition) is 5. The molecule has 25 heavy (non-hydrogen) atoms. The minimum absolute atomic E-state index is 0.0466. The summed E-state index contributed by atoms with van der Waals surface area (Å²) < 4.78 is 43.8. The lowest BCUT2D eigenvalue weighted by atomic mass is 10.2. The molecule has 0 atom stereocenters. The Kier molecular flexibility index (Phi) is 6.02. The lowest BCUT2D eigenvalue weighted by Crippen LogP contribution is -2.15. The monoisotopic (exact) mass is 385 g/mol. The van der Waals surface area contributed by atoms with Crippen LogP contribution in [0.2, 0.25) is 5.02 Å². The van der Waals surface area contributed by atoms with Crippen LogP contribution in [-0.2, 0) is 16.4 Å². The third kappa shape index (κ3) is 4.11. The summed E-state index contributed by atoms with van der Waals surface area (Å²) in [6, 6.07) is 7.99. The van der Waals surface area contributed by atoms with E-state index in [9.17, 15) is 8.42 Å². The van der Waals surface area contributed by atoms with Gasteiger partial charge in [-0.15, -0.1) is 0 Å². The van der Waals surface area contributed by atoms with Gasteiger partial charge in [0.15, 0.2) is 0 Å². The van der Waals surface area contributed by atoms with E-state index in [1.807, 2.05) is 13.0 Å². The van der Waals surface area contributed by atoms with E-state index in [1.165, 1.54) is 33.5 Å². The van der Waals surface area contributed by atoms with E-state index in [-0.39, 0.29) is 22.1 Å². The molecule has 0 fully saturated rings. The second-order valence-corrected chi connectivity index (χ2v) is 7.19. The van der Waals surface area contributed by atoms with Crippen LogP contribution in [0.3, 0.4) is 0 Å². The molecule has 8 heteroatoms. The number of benzene rings is 2. The molecule has 0 aliphatic rings. The Hall–Kier alpha value is -2.12. The van der Waals surface area contributed by atoms with Crippen molar-refractivity contribution in [2.75, 3.05) is 26.1 Å². The van der Waals surface area contributed by atoms with E-state index in [0.717, 1.165) is 5.56 Å². The smallest absolute Gasteiger partial charge is 0.265 e. The first-order valence-corrected chi connectivity index (χ1v) is 9.33. The fraction of sp³-hybridized carbons (Fsp3) is 0.294. The molecule has 136 valence electrons. The molecule has 1 N–H and O–H groups in total. The van der Waals surface area contributed by atoms with Crippen LogP contribution in [0.15, 0.2) is 35.2 Å². The number of anilines is 1. The van der Waals surface area contributed by atoms with Gasteiger partial charge in [0.25, 0.3) is 10.0 Å². The van der Waals surface area contributed by atoms with Crippen molar-refractivity contribution < 1.29 is 22.6 Å². The summed E-state index contributed by atoms with van der Waals surface area (Å²) in [5.41, 5.74) is 1.09. The van der Waals surface area contributed by atoms with Crippen LogP contribution < -0.4 is 18.9 Å². The average molecular weight is 386 g/mol. The van der Waals surface area contributed by atoms with Crippen molar-refractivity contribution in [2.24, 2.45) is 0 Å². The topological polar surface area (TPSA) is 73.9 Å². The van der Waals surface area contributed by atoms with Crippen molar-refractivity contribution in [3.63, 3.8) is 0 Å². The second kappa shape index (κ2) is 7.84. The van der Waals surface area contributed by atoms with Gasteiger partial charge in [-0.25, -0.2) is 8.42 Å². The Balaban J connectivity index is 2.53. The number of sulfonamides is 1. The summed E-state index contributed by atoms with van der Waals surface area (Å²) in [4.78, 5) is 0.0466. The molecule has 2 rings (SSSR count). The zero-order chi connectivity index (χ0) is 18.6. The quantitative estimate of drug-likeness (QED) is 0.786. The third-order valence-corrected chi connectivity index (χ3v) is 5.33. The van der Waals surface area contributed by atoms with Crippen molar-refractivity contribution in [1.82, 2.24) is 0 Å². The molecule has 6 nitrogen and oxygen atoms in total. The SMILES string of the molecule is CCc1ccc(OC)c(S(=O)(=O)Nc2cc(OC)c(Cl)cc2OC)c1. The number of hydrogen-bond donors (Lipinski definition) is 1. The highest BCUT2D eigenvalue weighted by atomic mass is 35.5. The predicted octanol–water partition coefficient (Wildman–Crippen LogP) is 3.73. The zero-order valence-electron chi connectivity index (χ0n) is 14.4. The summed E-state index contributed by atoms with van der Waals surface area (Å²) in [6.45, 7) is 1.94. The highest BCUT2D eigenvalue weighted by molar-refractivity contribution is 7.92. The third-order valence-electron chi connectivity index (χ3n) is 3.64. The van der Waals surface area contributed by atoms with Crippen molar-refractivity contribution >= 4 is 27.3 Å². The first kappa shape index (κ1) is 19.2. The van der Waals surface area contributed by atoms with Crippen LogP contribution in [0.4, 0.5) is 5.69 Å². The normalized spacial score (nSPS) is 11.1. The summed E-state index contributed by atoms with van der Waals surface area (Å²) in [5, 5.41) is 0.313. The fourth-order valence-corrected chi connectivity index (χ4v) is 3.80. The van der Waals surface area contributed by atoms with Crippen molar-refractivity contribution in [2.45, 2.75) is 18.2 Å². The van der Waals surface area contributed by atoms with Gasteiger partial charge in [0.1, 0.15) is 22.1 Å². The molecule has 2 aromatic carbocycles. The molecule has 0 aliphatic heterocycles. The zero-order valence-corrected chi connectivity index (χ0v) is 16.0. The molecule has 2 aromatic rings. The number of aryl methyl sites for hydroxylation is 1. The Morgan fingerprint density at radius 3 is 2.16 bits per heavy atom. The molecule has 0 heterocycles. The van der Waals surface area contributed by atoms with Gasteiger partial charge in [0.05, 0.1) is 32.0 Å². The van der Waals surface area contributed by atoms with Gasteiger partial charge in [-0.05, 0) is 24.1 Å². The van der Waals surface area contributed by atoms with Gasteiger partial charge in [-0.2, -0.15) is 0 Å². The highest BCUT2D eigenvalue weighted by Crippen LogP contribution is 2.37. The highest BCUT2D eigenvalue weighted by Gasteiger charge is 2.22. The van der Waals surface area contributed by atoms with E-state index in [1.54, 1.807) is 12.1 Å². The van der Waals surface area contributed by atoms with Crippen LogP contribution in [0.1, 0.15) is 12.5 Å². The molecule has 0 aromatic heterocycles. The predicted molar refractivity (Wildman–Crippen MR) is 97.7 cm³/mol. The number of nitrogens with one attached hydrogen (secondary N) is 1. The molecule has 0 bridgehead atoms. The Labute approximate surface area is 152 Å². The van der Waals surface area contributed by atoms with Gasteiger partial charge in [-0.1, -0.05) is 24.6 Å². The Morgan fingerprint density at radius 2 is 1.60 bits per heavy atom. The van der Waals surface area contributed by atoms with E-state index in [4.69, 9.17) is 25.8 Å². The summed E-state index contributed by atoms with van der Waals surface area (Å²) in [7, 11) is 0.379. The van der Waals surface area contributed by atoms with Crippen molar-refractivity contribution in [3.8, 4) is 17.2 Å². The number of methoxy groups -OCH3 is 3. The Morgan fingerprint density at radius 1 is 0.960 bits per heavy atom. The van der Waals surface area contributed by atoms with Crippen LogP contribution in [0.25, 0.3) is 0 Å². The largest absolute Gasteiger partial charge is 0.495 e. The summed E-state index contributed by atoms with van der Waals surface area (Å²) >= 11 is 6.05. The van der Waals surface area contributed by atoms with Crippen LogP contribution >= 0.6 is 11.6 Å². The molecular weight excluding hydrogens is 366 g/mol. The van der Waals surface area contributed by atoms with E-state index < -0.39 is 10.0 Å². The maximum atomic E-state index is 12.9. The second-order valence-electron chi connectivity index (χ2n) is 5.13. The number of rotatable bonds is 7. The van der Waals surface area contributed by atoms with Crippen LogP contribution in [0.5, 0.6) is 17.2 Å². The van der Waals surface area contributed by atoms with Gasteiger partial charge in [-0.3, -0.25) is 4.72 Å². The first-order chi connectivity index (χ1) is 11.9. The molecule has 0 unspecified atom stereocenters. The number of ether oxygens (including phenoxy) is 3. The molecule has 0 spiro atoms. The molecule has 0 amide bonds. The standard InChI is InChI=1S/C17H20ClNO5S/c1-5-11-6-7-14(22-2)17(8-11)25(20,21)19-13-10-15(23-3)12(18)9-16(13)24-4/h6-10,19H,5H2,1-4H3.